The minimum atomic E-state index is -1.83. The molecule has 0 unspecified atom stereocenters. The predicted octanol–water partition coefficient (Wildman–Crippen LogP) is -2.55. The van der Waals surface area contributed by atoms with E-state index in [0.717, 1.165) is 0 Å². The molecular weight excluding hydrogens is 99.0 g/mol. The van der Waals surface area contributed by atoms with Crippen molar-refractivity contribution in [3.8, 4) is 0 Å². The zero-order valence-corrected chi connectivity index (χ0v) is 4.30. The molecule has 0 aromatic carbocycles. The van der Waals surface area contributed by atoms with E-state index in [1.54, 1.807) is 0 Å². The first-order valence-corrected chi connectivity index (χ1v) is 0.651. The van der Waals surface area contributed by atoms with E-state index in [2.05, 4.69) is 0 Å². The molecule has 0 amide bonds. The van der Waals surface area contributed by atoms with E-state index < -0.39 is 6.16 Å². The molecule has 34 valence electrons. The zero-order valence-electron chi connectivity index (χ0n) is 4.30. The largest absolute Gasteiger partial charge is 1.00 e. The van der Waals surface area contributed by atoms with Gasteiger partial charge in [-0.15, -0.1) is 0 Å². The fourth-order valence-corrected chi connectivity index (χ4v) is 0. The summed E-state index contributed by atoms with van der Waals surface area (Å²) in [5.41, 5.74) is 0. The normalized spacial score (nSPS) is 4.00. The van der Waals surface area contributed by atoms with Crippen molar-refractivity contribution in [2.45, 2.75) is 0 Å². The Morgan fingerprint density at radius 3 is 1.50 bits per heavy atom. The van der Waals surface area contributed by atoms with Crippen LogP contribution in [0.3, 0.4) is 0 Å². The molecule has 0 aliphatic heterocycles. The van der Waals surface area contributed by atoms with Crippen LogP contribution in [0.5, 0.6) is 0 Å². The second kappa shape index (κ2) is 8.96. The molecule has 0 aromatic rings. The summed E-state index contributed by atoms with van der Waals surface area (Å²) in [6, 6.07) is 0. The van der Waals surface area contributed by atoms with Gasteiger partial charge in [0.25, 0.3) is 0 Å². The molecule has 0 atom stereocenters. The molecule has 0 radical (unpaired) electrons. The number of rotatable bonds is 0. The van der Waals surface area contributed by atoms with Crippen LogP contribution >= 0.6 is 13.5 Å². The summed E-state index contributed by atoms with van der Waals surface area (Å²) >= 11 is 0. The van der Waals surface area contributed by atoms with Crippen LogP contribution < -0.4 is 18.9 Å². The van der Waals surface area contributed by atoms with Crippen LogP contribution in [0.4, 0.5) is 4.79 Å². The Morgan fingerprint density at radius 2 is 1.50 bits per heavy atom. The second-order valence-electron chi connectivity index (χ2n) is 0.283. The van der Waals surface area contributed by atoms with Gasteiger partial charge in [-0.25, -0.2) is 4.79 Å². The van der Waals surface area contributed by atoms with Crippen LogP contribution in [-0.2, 0) is 0 Å². The van der Waals surface area contributed by atoms with Gasteiger partial charge in [0.1, 0.15) is 0 Å². The third kappa shape index (κ3) is 924. The molecule has 0 saturated heterocycles. The zero-order chi connectivity index (χ0) is 3.58. The average Bonchev–Trinajstić information content (AvgIpc) is 0.811. The van der Waals surface area contributed by atoms with Gasteiger partial charge in [0.15, 0.2) is 0 Å². The van der Waals surface area contributed by atoms with Crippen LogP contribution in [0.15, 0.2) is 0 Å². The molecule has 2 N–H and O–H groups in total. The average molecular weight is 104 g/mol. The SMILES string of the molecule is O=C(O)O.S.[H-].[Li+]. The Labute approximate surface area is 55.5 Å². The van der Waals surface area contributed by atoms with Gasteiger partial charge in [-0.2, -0.15) is 13.5 Å². The van der Waals surface area contributed by atoms with Gasteiger partial charge in [0, 0.05) is 0 Å². The molecule has 0 aromatic heterocycles. The van der Waals surface area contributed by atoms with E-state index in [-0.39, 0.29) is 33.8 Å². The van der Waals surface area contributed by atoms with E-state index in [9.17, 15) is 0 Å². The number of hydrogen-bond acceptors (Lipinski definition) is 1. The molecule has 0 fully saturated rings. The molecule has 0 rings (SSSR count). The minimum Gasteiger partial charge on any atom is -1.00 e. The molecule has 0 aliphatic rings. The van der Waals surface area contributed by atoms with Crippen LogP contribution in [0.25, 0.3) is 0 Å². The molecule has 0 saturated carbocycles. The van der Waals surface area contributed by atoms with E-state index in [1.165, 1.54) is 0 Å². The van der Waals surface area contributed by atoms with Crippen molar-refractivity contribution in [1.29, 1.82) is 0 Å². The fraction of sp³-hybridized carbons (Fsp3) is 0. The van der Waals surface area contributed by atoms with Gasteiger partial charge in [0.05, 0.1) is 0 Å². The van der Waals surface area contributed by atoms with Crippen LogP contribution in [0.1, 0.15) is 1.43 Å². The van der Waals surface area contributed by atoms with E-state index in [0.29, 0.717) is 0 Å². The summed E-state index contributed by atoms with van der Waals surface area (Å²) in [5.74, 6) is 0. The maximum Gasteiger partial charge on any atom is 1.00 e. The first kappa shape index (κ1) is 16.3. The van der Waals surface area contributed by atoms with Crippen molar-refractivity contribution >= 4 is 19.7 Å². The fourth-order valence-electron chi connectivity index (χ4n) is 0. The maximum absolute atomic E-state index is 8.56. The van der Waals surface area contributed by atoms with Crippen LogP contribution in [0.2, 0.25) is 0 Å². The standard InChI is InChI=1S/CH2O3.Li.H2S.H/c2-1(3)4;;;/h(H2,2,3,4);;1H2;/q;+1;;-1. The molecular formula is CH5LiO3S. The first-order chi connectivity index (χ1) is 1.73. The Morgan fingerprint density at radius 1 is 1.50 bits per heavy atom. The quantitative estimate of drug-likeness (QED) is 0.333. The Balaban J connectivity index is -0.0000000150. The van der Waals surface area contributed by atoms with Crippen molar-refractivity contribution in [2.24, 2.45) is 0 Å². The molecule has 0 bridgehead atoms. The summed E-state index contributed by atoms with van der Waals surface area (Å²) in [5, 5.41) is 13.9. The summed E-state index contributed by atoms with van der Waals surface area (Å²) in [4.78, 5) is 8.56. The van der Waals surface area contributed by atoms with E-state index >= 15 is 0 Å². The topological polar surface area (TPSA) is 57.5 Å². The molecule has 0 aliphatic carbocycles. The van der Waals surface area contributed by atoms with Crippen molar-refractivity contribution in [3.63, 3.8) is 0 Å². The molecule has 5 heteroatoms. The third-order valence-corrected chi connectivity index (χ3v) is 0. The molecule has 3 nitrogen and oxygen atoms in total. The maximum atomic E-state index is 8.56. The van der Waals surface area contributed by atoms with Gasteiger partial charge < -0.3 is 11.6 Å². The van der Waals surface area contributed by atoms with Crippen LogP contribution in [0, 0.1) is 0 Å². The third-order valence-electron chi connectivity index (χ3n) is 0. The van der Waals surface area contributed by atoms with Crippen molar-refractivity contribution < 1.29 is 35.3 Å². The monoisotopic (exact) mass is 104 g/mol. The Kier molecular flexibility index (Phi) is 24.4. The van der Waals surface area contributed by atoms with Gasteiger partial charge in [-0.3, -0.25) is 0 Å². The van der Waals surface area contributed by atoms with Crippen molar-refractivity contribution in [3.05, 3.63) is 0 Å². The van der Waals surface area contributed by atoms with Gasteiger partial charge in [0.2, 0.25) is 0 Å². The van der Waals surface area contributed by atoms with Crippen molar-refractivity contribution in [1.82, 2.24) is 0 Å². The van der Waals surface area contributed by atoms with Crippen LogP contribution in [-0.4, -0.2) is 16.4 Å². The smallest absolute Gasteiger partial charge is 1.00 e. The summed E-state index contributed by atoms with van der Waals surface area (Å²) in [7, 11) is 0. The first-order valence-electron chi connectivity index (χ1n) is 0.651. The van der Waals surface area contributed by atoms with E-state index in [1.807, 2.05) is 0 Å². The Bertz CT molecular complexity index is 37.9. The summed E-state index contributed by atoms with van der Waals surface area (Å²) < 4.78 is 0. The molecule has 0 heterocycles. The number of carboxylic acid groups (broad SMARTS) is 2. The number of hydrogen-bond donors (Lipinski definition) is 2. The number of carbonyl (C=O) groups is 1. The van der Waals surface area contributed by atoms with Gasteiger partial charge in [-0.1, -0.05) is 0 Å². The van der Waals surface area contributed by atoms with Gasteiger partial charge >= 0.3 is 25.0 Å². The second-order valence-corrected chi connectivity index (χ2v) is 0.283. The predicted molar refractivity (Wildman–Crippen MR) is 22.1 cm³/mol. The van der Waals surface area contributed by atoms with Crippen molar-refractivity contribution in [2.75, 3.05) is 0 Å². The Hall–Kier alpha value is 0.217. The van der Waals surface area contributed by atoms with Gasteiger partial charge in [-0.05, 0) is 0 Å². The summed E-state index contributed by atoms with van der Waals surface area (Å²) in [6.07, 6.45) is -1.83. The van der Waals surface area contributed by atoms with E-state index in [4.69, 9.17) is 15.0 Å². The summed E-state index contributed by atoms with van der Waals surface area (Å²) in [6.45, 7) is 0. The minimum absolute atomic E-state index is 0. The molecule has 6 heavy (non-hydrogen) atoms. The molecule has 0 spiro atoms.